The molecule has 0 saturated carbocycles. The number of hydrogen-bond acceptors (Lipinski definition) is 3. The molecule has 0 radical (unpaired) electrons. The molecule has 1 rings (SSSR count). The lowest BCUT2D eigenvalue weighted by Crippen LogP contribution is -2.14. The van der Waals surface area contributed by atoms with E-state index in [-0.39, 0.29) is 0 Å². The normalized spacial score (nSPS) is 9.85. The molecule has 0 aliphatic rings. The van der Waals surface area contributed by atoms with Crippen molar-refractivity contribution in [1.29, 1.82) is 0 Å². The van der Waals surface area contributed by atoms with Gasteiger partial charge < -0.3 is 9.84 Å². The highest BCUT2D eigenvalue weighted by molar-refractivity contribution is 5.02. The van der Waals surface area contributed by atoms with Crippen molar-refractivity contribution in [2.45, 2.75) is 26.3 Å². The molecule has 1 N–H and O–H groups in total. The third-order valence-electron chi connectivity index (χ3n) is 1.66. The molecule has 0 bridgehead atoms. The summed E-state index contributed by atoms with van der Waals surface area (Å²) in [6.07, 6.45) is 6.95. The highest BCUT2D eigenvalue weighted by Gasteiger charge is 1.97. The fraction of sp³-hybridized carbons (Fsp3) is 0.500. The average Bonchev–Trinajstić information content (AvgIpc) is 2.51. The molecule has 3 heteroatoms. The van der Waals surface area contributed by atoms with Gasteiger partial charge in [-0.25, -0.2) is 0 Å². The molecule has 0 spiro atoms. The predicted molar refractivity (Wildman–Crippen MR) is 51.0 cm³/mol. The lowest BCUT2D eigenvalue weighted by Gasteiger charge is -1.98. The molecule has 0 atom stereocenters. The Bertz CT molecular complexity index is 285. The third kappa shape index (κ3) is 3.77. The molecule has 3 nitrogen and oxygen atoms in total. The number of unbranched alkanes of at least 4 members (excludes halogenated alkanes) is 1. The zero-order chi connectivity index (χ0) is 9.52. The van der Waals surface area contributed by atoms with Gasteiger partial charge in [0.15, 0.2) is 0 Å². The molecule has 1 aromatic heterocycles. The topological polar surface area (TPSA) is 38.1 Å². The van der Waals surface area contributed by atoms with Gasteiger partial charge in [0.25, 0.3) is 0 Å². The minimum atomic E-state index is 0.752. The monoisotopic (exact) mass is 178 g/mol. The third-order valence-corrected chi connectivity index (χ3v) is 1.66. The molecular formula is C10H14N2O. The first-order valence-corrected chi connectivity index (χ1v) is 4.39. The molecule has 0 saturated heterocycles. The second-order valence-electron chi connectivity index (χ2n) is 2.91. The molecular weight excluding hydrogens is 164 g/mol. The van der Waals surface area contributed by atoms with Gasteiger partial charge in [0.05, 0.1) is 5.69 Å². The second-order valence-corrected chi connectivity index (χ2v) is 2.91. The molecule has 1 heterocycles. The Morgan fingerprint density at radius 2 is 2.54 bits per heavy atom. The van der Waals surface area contributed by atoms with Gasteiger partial charge >= 0.3 is 0 Å². The Morgan fingerprint density at radius 1 is 1.69 bits per heavy atom. The maximum atomic E-state index is 5.12. The average molecular weight is 178 g/mol. The van der Waals surface area contributed by atoms with Gasteiger partial charge in [-0.2, -0.15) is 0 Å². The number of nitrogens with one attached hydrogen (secondary N) is 1. The van der Waals surface area contributed by atoms with E-state index in [0.29, 0.717) is 0 Å². The van der Waals surface area contributed by atoms with Crippen LogP contribution in [0.1, 0.15) is 24.3 Å². The smallest absolute Gasteiger partial charge is 0.133 e. The van der Waals surface area contributed by atoms with E-state index in [4.69, 9.17) is 10.9 Å². The number of aryl methyl sites for hydroxylation is 1. The van der Waals surface area contributed by atoms with Gasteiger partial charge in [0.2, 0.25) is 0 Å². The minimum Gasteiger partial charge on any atom is -0.361 e. The highest BCUT2D eigenvalue weighted by atomic mass is 16.5. The largest absolute Gasteiger partial charge is 0.361 e. The van der Waals surface area contributed by atoms with Crippen molar-refractivity contribution < 1.29 is 4.52 Å². The van der Waals surface area contributed by atoms with Gasteiger partial charge in [-0.1, -0.05) is 5.16 Å². The molecule has 0 fully saturated rings. The summed E-state index contributed by atoms with van der Waals surface area (Å²) in [5.74, 6) is 3.44. The molecule has 13 heavy (non-hydrogen) atoms. The van der Waals surface area contributed by atoms with Crippen molar-refractivity contribution in [3.8, 4) is 12.3 Å². The van der Waals surface area contributed by atoms with E-state index in [2.05, 4.69) is 16.4 Å². The molecule has 0 aliphatic carbocycles. The van der Waals surface area contributed by atoms with Gasteiger partial charge in [-0.15, -0.1) is 12.3 Å². The molecule has 1 aromatic rings. The van der Waals surface area contributed by atoms with Gasteiger partial charge in [0, 0.05) is 19.0 Å². The van der Waals surface area contributed by atoms with Gasteiger partial charge in [0.1, 0.15) is 5.76 Å². The summed E-state index contributed by atoms with van der Waals surface area (Å²) in [6.45, 7) is 3.56. The fourth-order valence-electron chi connectivity index (χ4n) is 1.03. The SMILES string of the molecule is C#CCCCNCc1cc(C)on1. The zero-order valence-corrected chi connectivity index (χ0v) is 7.84. The van der Waals surface area contributed by atoms with Crippen LogP contribution in [0.25, 0.3) is 0 Å². The van der Waals surface area contributed by atoms with Crippen molar-refractivity contribution in [1.82, 2.24) is 10.5 Å². The maximum Gasteiger partial charge on any atom is 0.133 e. The van der Waals surface area contributed by atoms with Crippen LogP contribution in [0.5, 0.6) is 0 Å². The summed E-state index contributed by atoms with van der Waals surface area (Å²) in [4.78, 5) is 0. The maximum absolute atomic E-state index is 5.12. The zero-order valence-electron chi connectivity index (χ0n) is 7.84. The van der Waals surface area contributed by atoms with Crippen LogP contribution in [-0.2, 0) is 6.54 Å². The minimum absolute atomic E-state index is 0.752. The van der Waals surface area contributed by atoms with E-state index in [1.807, 2.05) is 13.0 Å². The van der Waals surface area contributed by atoms with E-state index < -0.39 is 0 Å². The molecule has 0 aromatic carbocycles. The standard InChI is InChI=1S/C10H14N2O/c1-3-4-5-6-11-8-10-7-9(2)13-12-10/h1,7,11H,4-6,8H2,2H3. The number of terminal acetylenes is 1. The lowest BCUT2D eigenvalue weighted by atomic mass is 10.3. The van der Waals surface area contributed by atoms with E-state index in [1.54, 1.807) is 0 Å². The highest BCUT2D eigenvalue weighted by Crippen LogP contribution is 2.00. The number of rotatable bonds is 5. The Morgan fingerprint density at radius 3 is 3.15 bits per heavy atom. The first-order valence-electron chi connectivity index (χ1n) is 4.39. The van der Waals surface area contributed by atoms with Crippen molar-refractivity contribution >= 4 is 0 Å². The Labute approximate surface area is 78.5 Å². The van der Waals surface area contributed by atoms with E-state index >= 15 is 0 Å². The van der Waals surface area contributed by atoms with Crippen molar-refractivity contribution in [2.75, 3.05) is 6.54 Å². The first-order chi connectivity index (χ1) is 6.33. The van der Waals surface area contributed by atoms with Crippen LogP contribution in [0.4, 0.5) is 0 Å². The summed E-state index contributed by atoms with van der Waals surface area (Å²) < 4.78 is 4.92. The Balaban J connectivity index is 2.10. The number of nitrogens with zero attached hydrogens (tertiary/aromatic N) is 1. The van der Waals surface area contributed by atoms with Gasteiger partial charge in [-0.3, -0.25) is 0 Å². The van der Waals surface area contributed by atoms with Crippen molar-refractivity contribution in [2.24, 2.45) is 0 Å². The van der Waals surface area contributed by atoms with Crippen molar-refractivity contribution in [3.63, 3.8) is 0 Å². The fourth-order valence-corrected chi connectivity index (χ4v) is 1.03. The molecule has 0 amide bonds. The van der Waals surface area contributed by atoms with Crippen LogP contribution < -0.4 is 5.32 Å². The molecule has 0 unspecified atom stereocenters. The lowest BCUT2D eigenvalue weighted by molar-refractivity contribution is 0.388. The van der Waals surface area contributed by atoms with Crippen LogP contribution >= 0.6 is 0 Å². The summed E-state index contributed by atoms with van der Waals surface area (Å²) in [5.41, 5.74) is 0.943. The summed E-state index contributed by atoms with van der Waals surface area (Å²) in [7, 11) is 0. The Hall–Kier alpha value is -1.27. The van der Waals surface area contributed by atoms with E-state index in [0.717, 1.165) is 37.4 Å². The Kier molecular flexibility index (Phi) is 4.07. The summed E-state index contributed by atoms with van der Waals surface area (Å²) in [6, 6.07) is 1.92. The van der Waals surface area contributed by atoms with Crippen LogP contribution in [0.2, 0.25) is 0 Å². The van der Waals surface area contributed by atoms with Crippen LogP contribution in [0, 0.1) is 19.3 Å². The molecule has 0 aliphatic heterocycles. The van der Waals surface area contributed by atoms with Crippen LogP contribution in [0.15, 0.2) is 10.6 Å². The van der Waals surface area contributed by atoms with Gasteiger partial charge in [-0.05, 0) is 19.9 Å². The summed E-state index contributed by atoms with van der Waals surface area (Å²) >= 11 is 0. The predicted octanol–water partition coefficient (Wildman–Crippen LogP) is 1.49. The van der Waals surface area contributed by atoms with Crippen LogP contribution in [-0.4, -0.2) is 11.7 Å². The number of hydrogen-bond donors (Lipinski definition) is 1. The molecule has 70 valence electrons. The number of aromatic nitrogens is 1. The second kappa shape index (κ2) is 5.39. The first kappa shape index (κ1) is 9.82. The van der Waals surface area contributed by atoms with Crippen molar-refractivity contribution in [3.05, 3.63) is 17.5 Å². The quantitative estimate of drug-likeness (QED) is 0.548. The van der Waals surface area contributed by atoms with Crippen LogP contribution in [0.3, 0.4) is 0 Å². The van der Waals surface area contributed by atoms with E-state index in [1.165, 1.54) is 0 Å². The van der Waals surface area contributed by atoms with E-state index in [9.17, 15) is 0 Å². The summed E-state index contributed by atoms with van der Waals surface area (Å²) in [5, 5.41) is 7.09.